The van der Waals surface area contributed by atoms with Gasteiger partial charge in [-0.1, -0.05) is 6.92 Å². The third-order valence-corrected chi connectivity index (χ3v) is 5.17. The number of guanidine groups is 1. The van der Waals surface area contributed by atoms with E-state index in [0.29, 0.717) is 12.6 Å². The van der Waals surface area contributed by atoms with Crippen molar-refractivity contribution in [3.8, 4) is 11.5 Å². The van der Waals surface area contributed by atoms with Crippen LogP contribution in [-0.2, 0) is 6.54 Å². The predicted octanol–water partition coefficient (Wildman–Crippen LogP) is 2.95. The first-order valence-electron chi connectivity index (χ1n) is 8.48. The van der Waals surface area contributed by atoms with Gasteiger partial charge in [0, 0.05) is 26.2 Å². The lowest BCUT2D eigenvalue weighted by Gasteiger charge is -2.24. The highest BCUT2D eigenvalue weighted by molar-refractivity contribution is 14.0. The number of rotatable bonds is 5. The summed E-state index contributed by atoms with van der Waals surface area (Å²) < 4.78 is 11.8. The zero-order valence-electron chi connectivity index (χ0n) is 14.7. The molecule has 0 amide bonds. The van der Waals surface area contributed by atoms with Crippen LogP contribution in [-0.4, -0.2) is 50.4 Å². The van der Waals surface area contributed by atoms with Gasteiger partial charge in [-0.25, -0.2) is 0 Å². The van der Waals surface area contributed by atoms with Crippen molar-refractivity contribution >= 4 is 45.9 Å². The predicted molar refractivity (Wildman–Crippen MR) is 114 cm³/mol. The molecule has 0 aliphatic carbocycles. The number of likely N-dealkylation sites (N-methyl/N-ethyl adjacent to an activating group) is 1. The number of fused-ring (bicyclic) bond motifs is 1. The van der Waals surface area contributed by atoms with Gasteiger partial charge in [0.15, 0.2) is 17.5 Å². The number of aliphatic imine (C=N–C) groups is 1. The van der Waals surface area contributed by atoms with Crippen LogP contribution in [0.2, 0.25) is 0 Å². The van der Waals surface area contributed by atoms with Crippen LogP contribution in [0.4, 0.5) is 0 Å². The van der Waals surface area contributed by atoms with Crippen molar-refractivity contribution in [3.63, 3.8) is 0 Å². The SMILES string of the molecule is CCN1CCCC1CNC(=NC)NCc1cc(Br)c2c(c1)OCO2.I. The Bertz CT molecular complexity index is 615. The minimum atomic E-state index is 0. The molecule has 1 saturated heterocycles. The van der Waals surface area contributed by atoms with Crippen LogP contribution in [0.25, 0.3) is 0 Å². The molecule has 6 nitrogen and oxygen atoms in total. The fourth-order valence-electron chi connectivity index (χ4n) is 3.29. The quantitative estimate of drug-likeness (QED) is 0.352. The number of nitrogens with one attached hydrogen (secondary N) is 2. The van der Waals surface area contributed by atoms with Crippen LogP contribution in [0.1, 0.15) is 25.3 Å². The molecule has 1 fully saturated rings. The van der Waals surface area contributed by atoms with E-state index in [-0.39, 0.29) is 30.8 Å². The zero-order chi connectivity index (χ0) is 16.9. The van der Waals surface area contributed by atoms with Crippen LogP contribution in [0.5, 0.6) is 11.5 Å². The maximum absolute atomic E-state index is 5.46. The number of halogens is 2. The summed E-state index contributed by atoms with van der Waals surface area (Å²) in [6.07, 6.45) is 2.55. The zero-order valence-corrected chi connectivity index (χ0v) is 18.6. The second kappa shape index (κ2) is 9.82. The molecule has 2 heterocycles. The van der Waals surface area contributed by atoms with Crippen LogP contribution >= 0.6 is 39.9 Å². The summed E-state index contributed by atoms with van der Waals surface area (Å²) in [6.45, 7) is 6.44. The Morgan fingerprint density at radius 2 is 2.20 bits per heavy atom. The maximum atomic E-state index is 5.46. The molecule has 2 aliphatic rings. The third-order valence-electron chi connectivity index (χ3n) is 4.58. The minimum absolute atomic E-state index is 0. The molecule has 1 unspecified atom stereocenters. The molecule has 0 bridgehead atoms. The Morgan fingerprint density at radius 3 is 2.96 bits per heavy atom. The van der Waals surface area contributed by atoms with E-state index in [2.05, 4.69) is 43.4 Å². The van der Waals surface area contributed by atoms with Crippen LogP contribution in [0.3, 0.4) is 0 Å². The first kappa shape index (κ1) is 20.6. The molecule has 2 aliphatic heterocycles. The van der Waals surface area contributed by atoms with Crippen molar-refractivity contribution < 1.29 is 9.47 Å². The number of hydrogen-bond donors (Lipinski definition) is 2. The van der Waals surface area contributed by atoms with Crippen LogP contribution in [0.15, 0.2) is 21.6 Å². The van der Waals surface area contributed by atoms with E-state index >= 15 is 0 Å². The summed E-state index contributed by atoms with van der Waals surface area (Å²) in [7, 11) is 1.80. The Labute approximate surface area is 174 Å². The monoisotopic (exact) mass is 524 g/mol. The van der Waals surface area contributed by atoms with Gasteiger partial charge in [-0.15, -0.1) is 24.0 Å². The van der Waals surface area contributed by atoms with Crippen molar-refractivity contribution in [2.24, 2.45) is 4.99 Å². The summed E-state index contributed by atoms with van der Waals surface area (Å²) >= 11 is 3.53. The molecule has 0 radical (unpaired) electrons. The van der Waals surface area contributed by atoms with Gasteiger partial charge in [0.05, 0.1) is 4.47 Å². The van der Waals surface area contributed by atoms with Crippen molar-refractivity contribution in [2.45, 2.75) is 32.4 Å². The average Bonchev–Trinajstić information content (AvgIpc) is 3.23. The van der Waals surface area contributed by atoms with Crippen LogP contribution in [0, 0.1) is 0 Å². The lowest BCUT2D eigenvalue weighted by atomic mass is 10.2. The summed E-state index contributed by atoms with van der Waals surface area (Å²) in [5.74, 6) is 2.39. The van der Waals surface area contributed by atoms with Gasteiger partial charge in [-0.2, -0.15) is 0 Å². The van der Waals surface area contributed by atoms with Crippen molar-refractivity contribution in [3.05, 3.63) is 22.2 Å². The van der Waals surface area contributed by atoms with E-state index in [4.69, 9.17) is 9.47 Å². The highest BCUT2D eigenvalue weighted by Gasteiger charge is 2.23. The lowest BCUT2D eigenvalue weighted by molar-refractivity contribution is 0.173. The molecule has 25 heavy (non-hydrogen) atoms. The average molecular weight is 525 g/mol. The molecular weight excluding hydrogens is 499 g/mol. The molecule has 3 rings (SSSR count). The highest BCUT2D eigenvalue weighted by atomic mass is 127. The third kappa shape index (κ3) is 5.13. The molecule has 0 aromatic heterocycles. The molecule has 1 aromatic carbocycles. The molecule has 8 heteroatoms. The molecular formula is C17H26BrIN4O2. The van der Waals surface area contributed by atoms with Crippen molar-refractivity contribution in [1.29, 1.82) is 0 Å². The number of likely N-dealkylation sites (tertiary alicyclic amines) is 1. The molecule has 140 valence electrons. The lowest BCUT2D eigenvalue weighted by Crippen LogP contribution is -2.44. The molecule has 2 N–H and O–H groups in total. The summed E-state index contributed by atoms with van der Waals surface area (Å²) in [5.41, 5.74) is 1.12. The van der Waals surface area contributed by atoms with E-state index in [1.54, 1.807) is 7.05 Å². The second-order valence-electron chi connectivity index (χ2n) is 6.04. The van der Waals surface area contributed by atoms with Gasteiger partial charge in [0.1, 0.15) is 0 Å². The normalized spacial score (nSPS) is 19.6. The van der Waals surface area contributed by atoms with E-state index in [1.807, 2.05) is 12.1 Å². The van der Waals surface area contributed by atoms with Crippen LogP contribution < -0.4 is 20.1 Å². The highest BCUT2D eigenvalue weighted by Crippen LogP contribution is 2.39. The van der Waals surface area contributed by atoms with E-state index in [1.165, 1.54) is 19.4 Å². The van der Waals surface area contributed by atoms with Gasteiger partial charge < -0.3 is 20.1 Å². The maximum Gasteiger partial charge on any atom is 0.231 e. The topological polar surface area (TPSA) is 58.1 Å². The Kier molecular flexibility index (Phi) is 8.08. The molecule has 1 atom stereocenters. The van der Waals surface area contributed by atoms with Gasteiger partial charge >= 0.3 is 0 Å². The van der Waals surface area contributed by atoms with E-state index in [9.17, 15) is 0 Å². The van der Waals surface area contributed by atoms with Crippen molar-refractivity contribution in [2.75, 3.05) is 33.5 Å². The molecule has 0 saturated carbocycles. The second-order valence-corrected chi connectivity index (χ2v) is 6.90. The number of nitrogens with zero attached hydrogens (tertiary/aromatic N) is 2. The first-order valence-corrected chi connectivity index (χ1v) is 9.27. The van der Waals surface area contributed by atoms with E-state index in [0.717, 1.165) is 40.6 Å². The Balaban J connectivity index is 0.00000225. The smallest absolute Gasteiger partial charge is 0.231 e. The first-order chi connectivity index (χ1) is 11.7. The number of benzene rings is 1. The minimum Gasteiger partial charge on any atom is -0.454 e. The standard InChI is InChI=1S/C17H25BrN4O2.HI/c1-3-22-6-4-5-13(22)10-21-17(19-2)20-9-12-7-14(18)16-15(8-12)23-11-24-16;/h7-8,13H,3-6,9-11H2,1-2H3,(H2,19,20,21);1H. The van der Waals surface area contributed by atoms with Gasteiger partial charge in [0.25, 0.3) is 0 Å². The fraction of sp³-hybridized carbons (Fsp3) is 0.588. The molecule has 0 spiro atoms. The number of ether oxygens (including phenoxy) is 2. The number of hydrogen-bond acceptors (Lipinski definition) is 4. The Morgan fingerprint density at radius 1 is 1.36 bits per heavy atom. The van der Waals surface area contributed by atoms with Crippen molar-refractivity contribution in [1.82, 2.24) is 15.5 Å². The van der Waals surface area contributed by atoms with E-state index < -0.39 is 0 Å². The fourth-order valence-corrected chi connectivity index (χ4v) is 3.89. The summed E-state index contributed by atoms with van der Waals surface area (Å²) in [5, 5.41) is 6.81. The van der Waals surface area contributed by atoms with Gasteiger partial charge in [-0.3, -0.25) is 9.89 Å². The summed E-state index contributed by atoms with van der Waals surface area (Å²) in [4.78, 5) is 6.84. The van der Waals surface area contributed by atoms with Gasteiger partial charge in [0.2, 0.25) is 6.79 Å². The molecule has 1 aromatic rings. The largest absolute Gasteiger partial charge is 0.454 e. The van der Waals surface area contributed by atoms with Gasteiger partial charge in [-0.05, 0) is 59.6 Å². The Hall–Kier alpha value is -0.740. The summed E-state index contributed by atoms with van der Waals surface area (Å²) in [6, 6.07) is 4.65.